The van der Waals surface area contributed by atoms with Gasteiger partial charge in [0.2, 0.25) is 0 Å². The van der Waals surface area contributed by atoms with Crippen molar-refractivity contribution in [3.05, 3.63) is 261 Å². The minimum atomic E-state index is -1.56. The highest BCUT2D eigenvalue weighted by Gasteiger charge is 2.41. The minimum Gasteiger partial charge on any atom is -0.505 e. The van der Waals surface area contributed by atoms with Gasteiger partial charge in [0, 0.05) is 0 Å². The predicted molar refractivity (Wildman–Crippen MR) is 216 cm³/mol. The summed E-state index contributed by atoms with van der Waals surface area (Å²) in [6.45, 7) is 0. The third-order valence-corrected chi connectivity index (χ3v) is 10.5. The summed E-state index contributed by atoms with van der Waals surface area (Å²) in [6.07, 6.45) is 0. The minimum absolute atomic E-state index is 0.00203. The van der Waals surface area contributed by atoms with E-state index in [-0.39, 0.29) is 11.1 Å². The van der Waals surface area contributed by atoms with Crippen molar-refractivity contribution in [3.8, 4) is 23.0 Å². The molecule has 0 aromatic heterocycles. The number of phenols is 4. The molecular formula is C50H34F6O4. The summed E-state index contributed by atoms with van der Waals surface area (Å²) in [6, 6.07) is 47.7. The van der Waals surface area contributed by atoms with E-state index < -0.39 is 68.7 Å². The van der Waals surface area contributed by atoms with Crippen LogP contribution >= 0.6 is 0 Å². The van der Waals surface area contributed by atoms with E-state index in [1.165, 1.54) is 24.3 Å². The maximum absolute atomic E-state index is 14.5. The molecule has 0 aliphatic heterocycles. The third kappa shape index (κ3) is 7.28. The van der Waals surface area contributed by atoms with E-state index >= 15 is 0 Å². The summed E-state index contributed by atoms with van der Waals surface area (Å²) >= 11 is 0. The van der Waals surface area contributed by atoms with Crippen molar-refractivity contribution in [2.75, 3.05) is 0 Å². The molecular weight excluding hydrogens is 779 g/mol. The summed E-state index contributed by atoms with van der Waals surface area (Å²) in [5.74, 6) is -9.62. The molecule has 0 fully saturated rings. The number of hydrogen-bond acceptors (Lipinski definition) is 4. The highest BCUT2D eigenvalue weighted by atomic mass is 19.2. The molecule has 10 heteroatoms. The van der Waals surface area contributed by atoms with Crippen molar-refractivity contribution in [3.63, 3.8) is 0 Å². The number of phenolic OH excluding ortho intramolecular Hbond substituents is 4. The van der Waals surface area contributed by atoms with Gasteiger partial charge in [0.25, 0.3) is 0 Å². The normalized spacial score (nSPS) is 11.4. The zero-order valence-corrected chi connectivity index (χ0v) is 31.4. The van der Waals surface area contributed by atoms with Crippen LogP contribution in [-0.4, -0.2) is 20.4 Å². The van der Waals surface area contributed by atoms with Gasteiger partial charge in [-0.15, -0.1) is 0 Å². The van der Waals surface area contributed by atoms with Crippen molar-refractivity contribution in [1.29, 1.82) is 0 Å². The molecule has 0 heterocycles. The maximum Gasteiger partial charge on any atom is 0.187 e. The van der Waals surface area contributed by atoms with Crippen molar-refractivity contribution in [1.82, 2.24) is 0 Å². The quantitative estimate of drug-likeness (QED) is 0.0910. The SMILES string of the molecule is Oc1c(F)cc(C(c2ccccc2)(c2ccccc2)c2cc(F)c(O)c(F)c2)cc1F.Oc1ccc(C(c2ccccc2)(c2ccccc2)c2ccc(O)c(F)c2)cc1F. The van der Waals surface area contributed by atoms with Gasteiger partial charge in [-0.3, -0.25) is 0 Å². The predicted octanol–water partition coefficient (Wildman–Crippen LogP) is 11.8. The van der Waals surface area contributed by atoms with E-state index in [1.54, 1.807) is 72.8 Å². The van der Waals surface area contributed by atoms with Crippen LogP contribution in [0.1, 0.15) is 44.5 Å². The molecule has 0 bridgehead atoms. The van der Waals surface area contributed by atoms with Crippen LogP contribution in [0.15, 0.2) is 182 Å². The average molecular weight is 813 g/mol. The van der Waals surface area contributed by atoms with Crippen LogP contribution in [0.2, 0.25) is 0 Å². The molecule has 0 amide bonds. The molecule has 0 aliphatic carbocycles. The standard InChI is InChI=1S/C25H16F4O2.C25H18F2O2/c26-19-11-17(12-20(27)23(19)30)25(15-7-3-1-4-8-15,16-9-5-2-6-10-16)18-13-21(28)24(31)22(29)14-18;26-21-15-19(11-13-23(21)28)25(17-7-3-1-4-8-17,18-9-5-2-6-10-18)20-12-14-24(29)22(27)16-20/h1-14,30-31H;1-16,28-29H. The molecule has 0 unspecified atom stereocenters. The van der Waals surface area contributed by atoms with Gasteiger partial charge in [-0.1, -0.05) is 133 Å². The first kappa shape index (κ1) is 40.7. The fourth-order valence-corrected chi connectivity index (χ4v) is 7.80. The number of rotatable bonds is 8. The van der Waals surface area contributed by atoms with Crippen LogP contribution in [-0.2, 0) is 10.8 Å². The van der Waals surface area contributed by atoms with E-state index in [1.807, 2.05) is 60.7 Å². The molecule has 0 saturated heterocycles. The van der Waals surface area contributed by atoms with Gasteiger partial charge in [-0.2, -0.15) is 0 Å². The molecule has 8 aromatic rings. The van der Waals surface area contributed by atoms with Gasteiger partial charge in [-0.05, 0) is 93.0 Å². The average Bonchev–Trinajstić information content (AvgIpc) is 3.26. The Bertz CT molecular complexity index is 2530. The molecule has 8 rings (SSSR count). The molecule has 60 heavy (non-hydrogen) atoms. The van der Waals surface area contributed by atoms with E-state index in [4.69, 9.17) is 0 Å². The first-order valence-corrected chi connectivity index (χ1v) is 18.5. The molecule has 0 radical (unpaired) electrons. The lowest BCUT2D eigenvalue weighted by atomic mass is 9.65. The number of aromatic hydroxyl groups is 4. The molecule has 0 spiro atoms. The lowest BCUT2D eigenvalue weighted by Gasteiger charge is -2.37. The van der Waals surface area contributed by atoms with Gasteiger partial charge in [-0.25, -0.2) is 26.3 Å². The van der Waals surface area contributed by atoms with Crippen molar-refractivity contribution >= 4 is 0 Å². The molecule has 0 saturated carbocycles. The van der Waals surface area contributed by atoms with E-state index in [0.717, 1.165) is 35.4 Å². The number of halogens is 6. The summed E-state index contributed by atoms with van der Waals surface area (Å²) in [5.41, 5.74) is 0.946. The lowest BCUT2D eigenvalue weighted by molar-refractivity contribution is 0.392. The Labute approximate surface area is 341 Å². The molecule has 300 valence electrons. The van der Waals surface area contributed by atoms with Crippen LogP contribution in [0.3, 0.4) is 0 Å². The third-order valence-electron chi connectivity index (χ3n) is 10.5. The van der Waals surface area contributed by atoms with Gasteiger partial charge in [0.15, 0.2) is 57.9 Å². The summed E-state index contributed by atoms with van der Waals surface area (Å²) in [4.78, 5) is 0. The maximum atomic E-state index is 14.5. The summed E-state index contributed by atoms with van der Waals surface area (Å²) in [7, 11) is 0. The van der Waals surface area contributed by atoms with Gasteiger partial charge in [0.05, 0.1) is 10.8 Å². The Hall–Kier alpha value is -7.46. The van der Waals surface area contributed by atoms with E-state index in [9.17, 15) is 46.8 Å². The smallest absolute Gasteiger partial charge is 0.187 e. The first-order valence-electron chi connectivity index (χ1n) is 18.5. The van der Waals surface area contributed by atoms with Crippen LogP contribution in [0.25, 0.3) is 0 Å². The molecule has 0 atom stereocenters. The Morgan fingerprint density at radius 1 is 0.250 bits per heavy atom. The Morgan fingerprint density at radius 2 is 0.483 bits per heavy atom. The Balaban J connectivity index is 0.000000182. The van der Waals surface area contributed by atoms with E-state index in [2.05, 4.69) is 0 Å². The molecule has 4 N–H and O–H groups in total. The van der Waals surface area contributed by atoms with Gasteiger partial charge in [0.1, 0.15) is 0 Å². The van der Waals surface area contributed by atoms with Crippen LogP contribution < -0.4 is 0 Å². The largest absolute Gasteiger partial charge is 0.505 e. The highest BCUT2D eigenvalue weighted by molar-refractivity contribution is 5.62. The highest BCUT2D eigenvalue weighted by Crippen LogP contribution is 2.48. The number of benzene rings is 8. The van der Waals surface area contributed by atoms with Gasteiger partial charge < -0.3 is 20.4 Å². The second kappa shape index (κ2) is 16.8. The zero-order chi connectivity index (χ0) is 42.6. The zero-order valence-electron chi connectivity index (χ0n) is 31.4. The number of hydrogen-bond donors (Lipinski definition) is 4. The second-order valence-corrected chi connectivity index (χ2v) is 13.9. The molecule has 0 aliphatic rings. The first-order chi connectivity index (χ1) is 28.9. The van der Waals surface area contributed by atoms with Crippen LogP contribution in [0.5, 0.6) is 23.0 Å². The molecule has 4 nitrogen and oxygen atoms in total. The Morgan fingerprint density at radius 3 is 0.733 bits per heavy atom. The monoisotopic (exact) mass is 812 g/mol. The summed E-state index contributed by atoms with van der Waals surface area (Å²) < 4.78 is 86.7. The van der Waals surface area contributed by atoms with Gasteiger partial charge >= 0.3 is 0 Å². The fourth-order valence-electron chi connectivity index (χ4n) is 7.80. The van der Waals surface area contributed by atoms with Crippen LogP contribution in [0, 0.1) is 34.9 Å². The van der Waals surface area contributed by atoms with Crippen LogP contribution in [0.4, 0.5) is 26.3 Å². The summed E-state index contributed by atoms with van der Waals surface area (Å²) in [5, 5.41) is 38.7. The topological polar surface area (TPSA) is 80.9 Å². The fraction of sp³-hybridized carbons (Fsp3) is 0.0400. The van der Waals surface area contributed by atoms with Crippen molar-refractivity contribution < 1.29 is 46.8 Å². The Kier molecular flexibility index (Phi) is 11.4. The lowest BCUT2D eigenvalue weighted by Crippen LogP contribution is -2.31. The second-order valence-electron chi connectivity index (χ2n) is 13.9. The molecule has 8 aromatic carbocycles. The van der Waals surface area contributed by atoms with Crippen molar-refractivity contribution in [2.45, 2.75) is 10.8 Å². The van der Waals surface area contributed by atoms with E-state index in [0.29, 0.717) is 22.3 Å². The van der Waals surface area contributed by atoms with Crippen molar-refractivity contribution in [2.24, 2.45) is 0 Å².